The molecule has 3 aliphatic carbocycles. The molecule has 4 rings (SSSR count). The lowest BCUT2D eigenvalue weighted by Crippen LogP contribution is -2.57. The van der Waals surface area contributed by atoms with Gasteiger partial charge in [-0.05, 0) is 80.0 Å². The molecule has 0 radical (unpaired) electrons. The first-order valence-electron chi connectivity index (χ1n) is 8.97. The van der Waals surface area contributed by atoms with Gasteiger partial charge in [-0.25, -0.2) is 0 Å². The van der Waals surface area contributed by atoms with Crippen molar-refractivity contribution in [3.8, 4) is 0 Å². The standard InChI is InChI=1S/C18H30O3/c1-17-9-7-13-11(12(17)4-5-14(17)19)3-6-15-18(13,2)10-8-16(20)21-15/h11-16,19-20H,3-10H2,1-2H3/t11-,12+,13-,14+,15-,16-,17-,18-/m1/s1. The van der Waals surface area contributed by atoms with Crippen molar-refractivity contribution in [3.63, 3.8) is 0 Å². The van der Waals surface area contributed by atoms with E-state index in [0.29, 0.717) is 5.92 Å². The number of rotatable bonds is 0. The van der Waals surface area contributed by atoms with Crippen LogP contribution in [0.25, 0.3) is 0 Å². The molecule has 21 heavy (non-hydrogen) atoms. The molecular weight excluding hydrogens is 264 g/mol. The third-order valence-corrected chi connectivity index (χ3v) is 7.98. The van der Waals surface area contributed by atoms with Crippen molar-refractivity contribution in [1.82, 2.24) is 0 Å². The van der Waals surface area contributed by atoms with Crippen LogP contribution in [0.15, 0.2) is 0 Å². The molecule has 0 aromatic heterocycles. The smallest absolute Gasteiger partial charge is 0.154 e. The van der Waals surface area contributed by atoms with Gasteiger partial charge in [-0.3, -0.25) is 0 Å². The van der Waals surface area contributed by atoms with E-state index in [4.69, 9.17) is 4.74 Å². The molecule has 1 aliphatic heterocycles. The molecule has 0 aromatic rings. The third-order valence-electron chi connectivity index (χ3n) is 7.98. The molecular formula is C18H30O3. The van der Waals surface area contributed by atoms with Gasteiger partial charge in [0.2, 0.25) is 0 Å². The second kappa shape index (κ2) is 4.69. The van der Waals surface area contributed by atoms with Gasteiger partial charge in [0.1, 0.15) is 0 Å². The molecule has 1 heterocycles. The van der Waals surface area contributed by atoms with Crippen LogP contribution in [0.1, 0.15) is 65.2 Å². The summed E-state index contributed by atoms with van der Waals surface area (Å²) in [6, 6.07) is 0. The average molecular weight is 294 g/mol. The first kappa shape index (κ1) is 14.5. The summed E-state index contributed by atoms with van der Waals surface area (Å²) < 4.78 is 5.91. The number of ether oxygens (including phenoxy) is 1. The zero-order valence-electron chi connectivity index (χ0n) is 13.4. The van der Waals surface area contributed by atoms with Crippen LogP contribution in [-0.2, 0) is 4.74 Å². The van der Waals surface area contributed by atoms with Gasteiger partial charge in [0.15, 0.2) is 6.29 Å². The lowest BCUT2D eigenvalue weighted by molar-refractivity contribution is -0.249. The quantitative estimate of drug-likeness (QED) is 0.722. The summed E-state index contributed by atoms with van der Waals surface area (Å²) in [7, 11) is 0. The topological polar surface area (TPSA) is 49.7 Å². The van der Waals surface area contributed by atoms with Crippen molar-refractivity contribution in [2.24, 2.45) is 28.6 Å². The highest BCUT2D eigenvalue weighted by molar-refractivity contribution is 5.09. The average Bonchev–Trinajstić information content (AvgIpc) is 2.76. The van der Waals surface area contributed by atoms with E-state index >= 15 is 0 Å². The Morgan fingerprint density at radius 3 is 2.33 bits per heavy atom. The minimum atomic E-state index is -0.540. The van der Waals surface area contributed by atoms with E-state index in [-0.39, 0.29) is 23.0 Å². The third kappa shape index (κ3) is 1.90. The lowest BCUT2D eigenvalue weighted by atomic mass is 9.48. The zero-order chi connectivity index (χ0) is 14.8. The minimum absolute atomic E-state index is 0.0848. The second-order valence-electron chi connectivity index (χ2n) is 8.72. The molecule has 3 nitrogen and oxygen atoms in total. The van der Waals surface area contributed by atoms with Crippen LogP contribution >= 0.6 is 0 Å². The van der Waals surface area contributed by atoms with E-state index in [2.05, 4.69) is 13.8 Å². The maximum absolute atomic E-state index is 10.4. The summed E-state index contributed by atoms with van der Waals surface area (Å²) in [4.78, 5) is 0. The zero-order valence-corrected chi connectivity index (χ0v) is 13.4. The first-order chi connectivity index (χ1) is 9.95. The Hall–Kier alpha value is -0.120. The highest BCUT2D eigenvalue weighted by atomic mass is 16.6. The molecule has 0 spiro atoms. The van der Waals surface area contributed by atoms with E-state index in [1.165, 1.54) is 25.7 Å². The van der Waals surface area contributed by atoms with Gasteiger partial charge in [0.05, 0.1) is 12.2 Å². The Labute approximate surface area is 128 Å². The van der Waals surface area contributed by atoms with Gasteiger partial charge < -0.3 is 14.9 Å². The van der Waals surface area contributed by atoms with Crippen LogP contribution in [0.2, 0.25) is 0 Å². The normalized spacial score (nSPS) is 60.0. The summed E-state index contributed by atoms with van der Waals surface area (Å²) in [5, 5.41) is 20.3. The maximum Gasteiger partial charge on any atom is 0.154 e. The van der Waals surface area contributed by atoms with Gasteiger partial charge in [-0.2, -0.15) is 0 Å². The fourth-order valence-corrected chi connectivity index (χ4v) is 6.66. The fourth-order valence-electron chi connectivity index (χ4n) is 6.66. The van der Waals surface area contributed by atoms with Crippen molar-refractivity contribution >= 4 is 0 Å². The first-order valence-corrected chi connectivity index (χ1v) is 8.97. The van der Waals surface area contributed by atoms with Crippen LogP contribution in [0, 0.1) is 28.6 Å². The van der Waals surface area contributed by atoms with Gasteiger partial charge >= 0.3 is 0 Å². The van der Waals surface area contributed by atoms with E-state index < -0.39 is 6.29 Å². The van der Waals surface area contributed by atoms with Crippen LogP contribution < -0.4 is 0 Å². The Balaban J connectivity index is 1.62. The molecule has 1 saturated heterocycles. The van der Waals surface area contributed by atoms with E-state index in [1.807, 2.05) is 0 Å². The largest absolute Gasteiger partial charge is 0.393 e. The van der Waals surface area contributed by atoms with E-state index in [0.717, 1.165) is 37.5 Å². The molecule has 4 fully saturated rings. The Morgan fingerprint density at radius 2 is 1.52 bits per heavy atom. The number of hydrogen-bond acceptors (Lipinski definition) is 3. The molecule has 0 bridgehead atoms. The summed E-state index contributed by atoms with van der Waals surface area (Å²) >= 11 is 0. The number of aliphatic hydroxyl groups is 2. The molecule has 0 unspecified atom stereocenters. The highest BCUT2D eigenvalue weighted by Gasteiger charge is 2.60. The molecule has 3 heteroatoms. The molecule has 2 N–H and O–H groups in total. The van der Waals surface area contributed by atoms with Crippen molar-refractivity contribution in [3.05, 3.63) is 0 Å². The second-order valence-corrected chi connectivity index (χ2v) is 8.72. The van der Waals surface area contributed by atoms with Crippen molar-refractivity contribution < 1.29 is 14.9 Å². The summed E-state index contributed by atoms with van der Waals surface area (Å²) in [6.45, 7) is 4.75. The van der Waals surface area contributed by atoms with Gasteiger partial charge in [-0.15, -0.1) is 0 Å². The predicted molar refractivity (Wildman–Crippen MR) is 80.5 cm³/mol. The van der Waals surface area contributed by atoms with Gasteiger partial charge in [-0.1, -0.05) is 13.8 Å². The fraction of sp³-hybridized carbons (Fsp3) is 1.00. The number of fused-ring (bicyclic) bond motifs is 5. The highest BCUT2D eigenvalue weighted by Crippen LogP contribution is 2.64. The van der Waals surface area contributed by atoms with E-state index in [1.54, 1.807) is 0 Å². The van der Waals surface area contributed by atoms with Gasteiger partial charge in [0.25, 0.3) is 0 Å². The molecule has 0 aromatic carbocycles. The van der Waals surface area contributed by atoms with Crippen molar-refractivity contribution in [2.75, 3.05) is 0 Å². The number of hydrogen-bond donors (Lipinski definition) is 2. The molecule has 8 atom stereocenters. The van der Waals surface area contributed by atoms with Crippen molar-refractivity contribution in [1.29, 1.82) is 0 Å². The van der Waals surface area contributed by atoms with Gasteiger partial charge in [0, 0.05) is 0 Å². The van der Waals surface area contributed by atoms with Crippen LogP contribution in [0.3, 0.4) is 0 Å². The minimum Gasteiger partial charge on any atom is -0.393 e. The molecule has 3 saturated carbocycles. The van der Waals surface area contributed by atoms with Crippen LogP contribution in [0.5, 0.6) is 0 Å². The van der Waals surface area contributed by atoms with Crippen LogP contribution in [-0.4, -0.2) is 28.7 Å². The SMILES string of the molecule is C[C@@]12CC[C@@H]3[C@H](CC[C@H]4O[C@@H](O)CC[C@]34C)[C@@H]1CC[C@@H]2O. The molecule has 120 valence electrons. The summed E-state index contributed by atoms with van der Waals surface area (Å²) in [5.74, 6) is 2.20. The summed E-state index contributed by atoms with van der Waals surface area (Å²) in [6.07, 6.45) is 8.46. The Bertz CT molecular complexity index is 425. The Kier molecular flexibility index (Phi) is 3.23. The lowest BCUT2D eigenvalue weighted by Gasteiger charge is -2.60. The summed E-state index contributed by atoms with van der Waals surface area (Å²) in [5.41, 5.74) is 0.413. The van der Waals surface area contributed by atoms with Crippen molar-refractivity contribution in [2.45, 2.75) is 83.7 Å². The predicted octanol–water partition coefficient (Wildman–Crippen LogP) is 3.09. The van der Waals surface area contributed by atoms with Crippen LogP contribution in [0.4, 0.5) is 0 Å². The maximum atomic E-state index is 10.4. The molecule has 4 aliphatic rings. The number of aliphatic hydroxyl groups excluding tert-OH is 2. The van der Waals surface area contributed by atoms with E-state index in [9.17, 15) is 10.2 Å². The Morgan fingerprint density at radius 1 is 0.810 bits per heavy atom. The molecule has 0 amide bonds. The monoisotopic (exact) mass is 294 g/mol.